The van der Waals surface area contributed by atoms with Gasteiger partial charge >= 0.3 is 0 Å². The van der Waals surface area contributed by atoms with E-state index in [2.05, 4.69) is 86.2 Å². The van der Waals surface area contributed by atoms with Gasteiger partial charge in [-0.3, -0.25) is 9.69 Å². The van der Waals surface area contributed by atoms with Gasteiger partial charge in [-0.1, -0.05) is 57.1 Å². The predicted octanol–water partition coefficient (Wildman–Crippen LogP) is 4.55. The molecular formula is C24H36N4O2. The molecule has 6 heteroatoms. The minimum absolute atomic E-state index is 0.0895. The Labute approximate surface area is 180 Å². The van der Waals surface area contributed by atoms with Gasteiger partial charge in [-0.05, 0) is 57.2 Å². The molecule has 1 saturated heterocycles. The van der Waals surface area contributed by atoms with Gasteiger partial charge in [0.25, 0.3) is 0 Å². The molecule has 1 aromatic heterocycles. The zero-order chi connectivity index (χ0) is 21.9. The Hall–Kier alpha value is -2.21. The molecule has 1 aliphatic rings. The number of hydrogen-bond donors (Lipinski definition) is 1. The van der Waals surface area contributed by atoms with Crippen LogP contribution in [0.25, 0.3) is 11.4 Å². The van der Waals surface area contributed by atoms with E-state index in [0.29, 0.717) is 18.3 Å². The summed E-state index contributed by atoms with van der Waals surface area (Å²) >= 11 is 0. The lowest BCUT2D eigenvalue weighted by atomic mass is 9.87. The summed E-state index contributed by atoms with van der Waals surface area (Å²) in [4.78, 5) is 19.4. The molecule has 1 N–H and O–H groups in total. The summed E-state index contributed by atoms with van der Waals surface area (Å²) in [5, 5.41) is 7.34. The molecule has 1 aliphatic heterocycles. The first-order chi connectivity index (χ1) is 14.1. The number of nitrogens with one attached hydrogen (secondary N) is 1. The average molecular weight is 413 g/mol. The normalized spacial score (nSPS) is 16.6. The molecule has 0 saturated carbocycles. The third-order valence-corrected chi connectivity index (χ3v) is 6.14. The summed E-state index contributed by atoms with van der Waals surface area (Å²) in [6, 6.07) is 8.36. The van der Waals surface area contributed by atoms with Crippen molar-refractivity contribution < 1.29 is 9.32 Å². The first-order valence-electron chi connectivity index (χ1n) is 11.1. The summed E-state index contributed by atoms with van der Waals surface area (Å²) in [5.41, 5.74) is 2.23. The number of amides is 1. The number of aromatic nitrogens is 2. The molecule has 1 amide bonds. The van der Waals surface area contributed by atoms with E-state index in [9.17, 15) is 4.79 Å². The standard InChI is InChI=1S/C24H36N4O2/c1-7-24(5,6)26-22(29)18-12-14-28(15-13-18)16-20-25-21(27-30-20)17-8-10-19(11-9-17)23(2,3)4/h8-11,18H,7,12-16H2,1-6H3,(H,26,29). The second-order valence-corrected chi connectivity index (χ2v) is 10.1. The lowest BCUT2D eigenvalue weighted by molar-refractivity contribution is -0.128. The van der Waals surface area contributed by atoms with E-state index in [4.69, 9.17) is 4.52 Å². The van der Waals surface area contributed by atoms with Crippen LogP contribution in [0.3, 0.4) is 0 Å². The number of carbonyl (C=O) groups is 1. The van der Waals surface area contributed by atoms with E-state index >= 15 is 0 Å². The first kappa shape index (κ1) is 22.5. The molecule has 0 atom stereocenters. The molecule has 2 heterocycles. The second kappa shape index (κ2) is 8.88. The average Bonchev–Trinajstić information content (AvgIpc) is 3.16. The molecule has 1 fully saturated rings. The highest BCUT2D eigenvalue weighted by atomic mass is 16.5. The lowest BCUT2D eigenvalue weighted by Gasteiger charge is -2.33. The smallest absolute Gasteiger partial charge is 0.241 e. The van der Waals surface area contributed by atoms with Crippen LogP contribution in [0.5, 0.6) is 0 Å². The fourth-order valence-corrected chi connectivity index (χ4v) is 3.62. The van der Waals surface area contributed by atoms with Crippen molar-refractivity contribution >= 4 is 5.91 Å². The van der Waals surface area contributed by atoms with Crippen molar-refractivity contribution in [3.63, 3.8) is 0 Å². The SMILES string of the molecule is CCC(C)(C)NC(=O)C1CCN(Cc2nc(-c3ccc(C(C)(C)C)cc3)no2)CC1. The van der Waals surface area contributed by atoms with Crippen molar-refractivity contribution in [2.45, 2.75) is 78.3 Å². The molecule has 164 valence electrons. The number of carbonyl (C=O) groups excluding carboxylic acids is 1. The Morgan fingerprint density at radius 2 is 1.77 bits per heavy atom. The van der Waals surface area contributed by atoms with E-state index in [0.717, 1.165) is 37.9 Å². The predicted molar refractivity (Wildman–Crippen MR) is 119 cm³/mol. The highest BCUT2D eigenvalue weighted by Crippen LogP contribution is 2.25. The summed E-state index contributed by atoms with van der Waals surface area (Å²) in [7, 11) is 0. The van der Waals surface area contributed by atoms with Crippen LogP contribution >= 0.6 is 0 Å². The van der Waals surface area contributed by atoms with Gasteiger partial charge in [0, 0.05) is 17.0 Å². The third-order valence-electron chi connectivity index (χ3n) is 6.14. The van der Waals surface area contributed by atoms with Crippen LogP contribution in [0.1, 0.15) is 72.3 Å². The highest BCUT2D eigenvalue weighted by molar-refractivity contribution is 5.79. The molecule has 2 aromatic rings. The molecule has 0 aliphatic carbocycles. The number of rotatable bonds is 6. The molecule has 0 spiro atoms. The van der Waals surface area contributed by atoms with Gasteiger partial charge in [0.1, 0.15) is 0 Å². The number of piperidine rings is 1. The maximum Gasteiger partial charge on any atom is 0.241 e. The van der Waals surface area contributed by atoms with Crippen LogP contribution in [0.2, 0.25) is 0 Å². The van der Waals surface area contributed by atoms with Crippen molar-refractivity contribution in [3.8, 4) is 11.4 Å². The van der Waals surface area contributed by atoms with Gasteiger partial charge in [0.2, 0.25) is 17.6 Å². The quantitative estimate of drug-likeness (QED) is 0.754. The first-order valence-corrected chi connectivity index (χ1v) is 11.1. The topological polar surface area (TPSA) is 71.3 Å². The number of hydrogen-bond acceptors (Lipinski definition) is 5. The number of nitrogens with zero attached hydrogens (tertiary/aromatic N) is 3. The van der Waals surface area contributed by atoms with Crippen LogP contribution in [-0.2, 0) is 16.8 Å². The highest BCUT2D eigenvalue weighted by Gasteiger charge is 2.29. The maximum atomic E-state index is 12.5. The van der Waals surface area contributed by atoms with Crippen LogP contribution in [0.15, 0.2) is 28.8 Å². The summed E-state index contributed by atoms with van der Waals surface area (Å²) in [6.07, 6.45) is 2.65. The second-order valence-electron chi connectivity index (χ2n) is 10.1. The van der Waals surface area contributed by atoms with Crippen molar-refractivity contribution in [1.29, 1.82) is 0 Å². The Kier molecular flexibility index (Phi) is 6.65. The van der Waals surface area contributed by atoms with Gasteiger partial charge in [0.15, 0.2) is 0 Å². The van der Waals surface area contributed by atoms with Gasteiger partial charge in [-0.25, -0.2) is 0 Å². The van der Waals surface area contributed by atoms with E-state index in [1.165, 1.54) is 5.56 Å². The van der Waals surface area contributed by atoms with E-state index in [1.54, 1.807) is 0 Å². The molecule has 6 nitrogen and oxygen atoms in total. The minimum atomic E-state index is -0.139. The van der Waals surface area contributed by atoms with Crippen molar-refractivity contribution in [2.75, 3.05) is 13.1 Å². The Bertz CT molecular complexity index is 841. The monoisotopic (exact) mass is 412 g/mol. The van der Waals surface area contributed by atoms with Crippen LogP contribution < -0.4 is 5.32 Å². The molecule has 0 bridgehead atoms. The lowest BCUT2D eigenvalue weighted by Crippen LogP contribution is -2.48. The van der Waals surface area contributed by atoms with Crippen molar-refractivity contribution in [2.24, 2.45) is 5.92 Å². The fourth-order valence-electron chi connectivity index (χ4n) is 3.62. The number of benzene rings is 1. The Morgan fingerprint density at radius 3 is 2.33 bits per heavy atom. The summed E-state index contributed by atoms with van der Waals surface area (Å²) in [6.45, 7) is 15.2. The molecule has 0 radical (unpaired) electrons. The van der Waals surface area contributed by atoms with E-state index in [1.807, 2.05) is 0 Å². The van der Waals surface area contributed by atoms with Gasteiger partial charge in [0.05, 0.1) is 6.54 Å². The largest absolute Gasteiger partial charge is 0.351 e. The Balaban J connectivity index is 1.53. The van der Waals surface area contributed by atoms with Gasteiger partial charge < -0.3 is 9.84 Å². The van der Waals surface area contributed by atoms with Crippen LogP contribution in [-0.4, -0.2) is 39.6 Å². The summed E-state index contributed by atoms with van der Waals surface area (Å²) < 4.78 is 5.49. The zero-order valence-corrected chi connectivity index (χ0v) is 19.3. The third kappa shape index (κ3) is 5.69. The van der Waals surface area contributed by atoms with Crippen LogP contribution in [0, 0.1) is 5.92 Å². The molecular weight excluding hydrogens is 376 g/mol. The maximum absolute atomic E-state index is 12.5. The minimum Gasteiger partial charge on any atom is -0.351 e. The van der Waals surface area contributed by atoms with Crippen molar-refractivity contribution in [1.82, 2.24) is 20.4 Å². The zero-order valence-electron chi connectivity index (χ0n) is 19.3. The number of likely N-dealkylation sites (tertiary alicyclic amines) is 1. The Morgan fingerprint density at radius 1 is 1.13 bits per heavy atom. The van der Waals surface area contributed by atoms with E-state index in [-0.39, 0.29) is 22.8 Å². The molecule has 1 aromatic carbocycles. The van der Waals surface area contributed by atoms with Crippen molar-refractivity contribution in [3.05, 3.63) is 35.7 Å². The fraction of sp³-hybridized carbons (Fsp3) is 0.625. The van der Waals surface area contributed by atoms with Gasteiger partial charge in [-0.2, -0.15) is 4.98 Å². The van der Waals surface area contributed by atoms with Gasteiger partial charge in [-0.15, -0.1) is 0 Å². The van der Waals surface area contributed by atoms with E-state index < -0.39 is 0 Å². The molecule has 0 unspecified atom stereocenters. The molecule has 30 heavy (non-hydrogen) atoms. The molecule has 3 rings (SSSR count). The summed E-state index contributed by atoms with van der Waals surface area (Å²) in [5.74, 6) is 1.52. The van der Waals surface area contributed by atoms with Crippen LogP contribution in [0.4, 0.5) is 0 Å².